The molecule has 1 N–H and O–H groups in total. The molecule has 3 rings (SSSR count). The number of aromatic nitrogens is 1. The van der Waals surface area contributed by atoms with Gasteiger partial charge in [0.15, 0.2) is 11.7 Å². The number of hydrogen-bond donors (Lipinski definition) is 1. The highest BCUT2D eigenvalue weighted by atomic mass is 35.5. The van der Waals surface area contributed by atoms with Crippen LogP contribution in [0.2, 0.25) is 5.02 Å². The Morgan fingerprint density at radius 2 is 1.92 bits per heavy atom. The van der Waals surface area contributed by atoms with Gasteiger partial charge in [-0.05, 0) is 37.1 Å². The second kappa shape index (κ2) is 8.16. The monoisotopic (exact) mass is 361 g/mol. The molecule has 25 heavy (non-hydrogen) atoms. The average Bonchev–Trinajstić information content (AvgIpc) is 3.30. The molecule has 1 aliphatic rings. The Labute approximate surface area is 151 Å². The number of carbonyl (C=O) groups is 2. The summed E-state index contributed by atoms with van der Waals surface area (Å²) in [5.74, 6) is 0.924. The van der Waals surface area contributed by atoms with Crippen LogP contribution in [0.15, 0.2) is 34.9 Å². The van der Waals surface area contributed by atoms with E-state index in [0.717, 1.165) is 31.5 Å². The van der Waals surface area contributed by atoms with Gasteiger partial charge in [-0.1, -0.05) is 11.6 Å². The van der Waals surface area contributed by atoms with Gasteiger partial charge in [-0.3, -0.25) is 9.59 Å². The first-order valence-electron chi connectivity index (χ1n) is 8.37. The minimum absolute atomic E-state index is 0.0213. The van der Waals surface area contributed by atoms with Crippen LogP contribution >= 0.6 is 11.6 Å². The quantitative estimate of drug-likeness (QED) is 0.858. The van der Waals surface area contributed by atoms with Gasteiger partial charge in [0.05, 0.1) is 12.7 Å². The van der Waals surface area contributed by atoms with Crippen molar-refractivity contribution in [3.63, 3.8) is 0 Å². The summed E-state index contributed by atoms with van der Waals surface area (Å²) in [5.41, 5.74) is 0.879. The normalized spacial score (nSPS) is 13.9. The topological polar surface area (TPSA) is 75.4 Å². The van der Waals surface area contributed by atoms with Crippen molar-refractivity contribution >= 4 is 23.4 Å². The molecule has 2 aromatic rings. The smallest absolute Gasteiger partial charge is 0.241 e. The van der Waals surface area contributed by atoms with Crippen molar-refractivity contribution in [1.29, 1.82) is 0 Å². The van der Waals surface area contributed by atoms with Gasteiger partial charge in [-0.15, -0.1) is 0 Å². The highest BCUT2D eigenvalue weighted by Crippen LogP contribution is 2.22. The zero-order valence-electron chi connectivity index (χ0n) is 13.8. The highest BCUT2D eigenvalue weighted by Gasteiger charge is 2.18. The van der Waals surface area contributed by atoms with Crippen molar-refractivity contribution in [3.05, 3.63) is 41.4 Å². The van der Waals surface area contributed by atoms with Crippen LogP contribution < -0.4 is 5.32 Å². The molecule has 2 amide bonds. The summed E-state index contributed by atoms with van der Waals surface area (Å²) in [6.45, 7) is 1.64. The maximum absolute atomic E-state index is 11.9. The third kappa shape index (κ3) is 4.82. The molecule has 0 radical (unpaired) electrons. The number of halogens is 1. The molecule has 0 unspecified atom stereocenters. The molecule has 0 atom stereocenters. The summed E-state index contributed by atoms with van der Waals surface area (Å²) >= 11 is 5.86. The van der Waals surface area contributed by atoms with E-state index in [0.29, 0.717) is 23.1 Å². The number of amides is 2. The van der Waals surface area contributed by atoms with Crippen LogP contribution in [-0.2, 0) is 16.0 Å². The Kier molecular flexibility index (Phi) is 5.71. The van der Waals surface area contributed by atoms with Crippen molar-refractivity contribution in [1.82, 2.24) is 15.2 Å². The van der Waals surface area contributed by atoms with Crippen LogP contribution in [0.1, 0.15) is 25.2 Å². The standard InChI is InChI=1S/C18H20ClN3O3/c19-14-5-3-13(4-6-14)15-11-21-17(25-15)8-7-16(23)20-12-18(24)22-9-1-2-10-22/h3-6,11H,1-2,7-10,12H2,(H,20,23). The maximum atomic E-state index is 11.9. The number of hydrogen-bond acceptors (Lipinski definition) is 4. The minimum Gasteiger partial charge on any atom is -0.441 e. The molecular weight excluding hydrogens is 342 g/mol. The first kappa shape index (κ1) is 17.5. The number of rotatable bonds is 6. The number of nitrogens with zero attached hydrogens (tertiary/aromatic N) is 2. The Morgan fingerprint density at radius 1 is 1.20 bits per heavy atom. The lowest BCUT2D eigenvalue weighted by atomic mass is 10.2. The lowest BCUT2D eigenvalue weighted by Gasteiger charge is -2.15. The van der Waals surface area contributed by atoms with Crippen LogP contribution in [0.25, 0.3) is 11.3 Å². The van der Waals surface area contributed by atoms with Crippen molar-refractivity contribution < 1.29 is 14.0 Å². The SMILES string of the molecule is O=C(CCc1ncc(-c2ccc(Cl)cc2)o1)NCC(=O)N1CCCC1. The predicted octanol–water partition coefficient (Wildman–Crippen LogP) is 2.67. The van der Waals surface area contributed by atoms with Gasteiger partial charge in [0.1, 0.15) is 0 Å². The first-order chi connectivity index (χ1) is 12.1. The predicted molar refractivity (Wildman–Crippen MR) is 94.1 cm³/mol. The second-order valence-corrected chi connectivity index (χ2v) is 6.43. The van der Waals surface area contributed by atoms with Gasteiger partial charge in [0.25, 0.3) is 0 Å². The Morgan fingerprint density at radius 3 is 2.64 bits per heavy atom. The fourth-order valence-electron chi connectivity index (χ4n) is 2.73. The number of aryl methyl sites for hydroxylation is 1. The van der Waals surface area contributed by atoms with E-state index < -0.39 is 0 Å². The summed E-state index contributed by atoms with van der Waals surface area (Å²) < 4.78 is 5.66. The number of nitrogens with one attached hydrogen (secondary N) is 1. The first-order valence-corrected chi connectivity index (χ1v) is 8.75. The van der Waals surface area contributed by atoms with Crippen molar-refractivity contribution in [3.8, 4) is 11.3 Å². The van der Waals surface area contributed by atoms with Crippen LogP contribution in [-0.4, -0.2) is 41.3 Å². The third-order valence-corrected chi connectivity index (χ3v) is 4.40. The average molecular weight is 362 g/mol. The zero-order valence-corrected chi connectivity index (χ0v) is 14.6. The van der Waals surface area contributed by atoms with E-state index in [1.807, 2.05) is 12.1 Å². The molecule has 132 valence electrons. The molecular formula is C18H20ClN3O3. The lowest BCUT2D eigenvalue weighted by Crippen LogP contribution is -2.38. The van der Waals surface area contributed by atoms with Crippen LogP contribution in [0.4, 0.5) is 0 Å². The highest BCUT2D eigenvalue weighted by molar-refractivity contribution is 6.30. The van der Waals surface area contributed by atoms with Crippen LogP contribution in [0.3, 0.4) is 0 Å². The maximum Gasteiger partial charge on any atom is 0.241 e. The van der Waals surface area contributed by atoms with Crippen LogP contribution in [0.5, 0.6) is 0 Å². The fourth-order valence-corrected chi connectivity index (χ4v) is 2.86. The summed E-state index contributed by atoms with van der Waals surface area (Å²) in [6, 6.07) is 7.26. The summed E-state index contributed by atoms with van der Waals surface area (Å²) in [6.07, 6.45) is 4.33. The molecule has 1 fully saturated rings. The van der Waals surface area contributed by atoms with E-state index in [9.17, 15) is 9.59 Å². The number of carbonyl (C=O) groups excluding carboxylic acids is 2. The molecule has 6 nitrogen and oxygen atoms in total. The fraction of sp³-hybridized carbons (Fsp3) is 0.389. The van der Waals surface area contributed by atoms with Gasteiger partial charge >= 0.3 is 0 Å². The molecule has 0 bridgehead atoms. The van der Waals surface area contributed by atoms with E-state index in [4.69, 9.17) is 16.0 Å². The van der Waals surface area contributed by atoms with E-state index in [1.54, 1.807) is 23.2 Å². The van der Waals surface area contributed by atoms with Gasteiger partial charge < -0.3 is 14.6 Å². The van der Waals surface area contributed by atoms with E-state index >= 15 is 0 Å². The molecule has 1 saturated heterocycles. The third-order valence-electron chi connectivity index (χ3n) is 4.14. The van der Waals surface area contributed by atoms with Crippen molar-refractivity contribution in [2.45, 2.75) is 25.7 Å². The van der Waals surface area contributed by atoms with E-state index in [2.05, 4.69) is 10.3 Å². The Balaban J connectivity index is 1.44. The lowest BCUT2D eigenvalue weighted by molar-refractivity contribution is -0.132. The molecule has 2 heterocycles. The Bertz CT molecular complexity index is 736. The largest absolute Gasteiger partial charge is 0.441 e. The molecule has 0 spiro atoms. The number of likely N-dealkylation sites (tertiary alicyclic amines) is 1. The molecule has 1 aromatic heterocycles. The van der Waals surface area contributed by atoms with Gasteiger partial charge in [-0.25, -0.2) is 4.98 Å². The molecule has 0 aliphatic carbocycles. The van der Waals surface area contributed by atoms with Gasteiger partial charge in [0.2, 0.25) is 11.8 Å². The second-order valence-electron chi connectivity index (χ2n) is 5.99. The molecule has 0 saturated carbocycles. The minimum atomic E-state index is -0.182. The molecule has 1 aromatic carbocycles. The van der Waals surface area contributed by atoms with Gasteiger partial charge in [-0.2, -0.15) is 0 Å². The summed E-state index contributed by atoms with van der Waals surface area (Å²) in [7, 11) is 0. The summed E-state index contributed by atoms with van der Waals surface area (Å²) in [4.78, 5) is 29.7. The van der Waals surface area contributed by atoms with Crippen molar-refractivity contribution in [2.75, 3.05) is 19.6 Å². The summed E-state index contributed by atoms with van der Waals surface area (Å²) in [5, 5.41) is 3.32. The van der Waals surface area contributed by atoms with Gasteiger partial charge in [0, 0.05) is 36.5 Å². The number of oxazole rings is 1. The number of benzene rings is 1. The molecule has 7 heteroatoms. The van der Waals surface area contributed by atoms with Crippen LogP contribution in [0, 0.1) is 0 Å². The Hall–Kier alpha value is -2.34. The van der Waals surface area contributed by atoms with E-state index in [-0.39, 0.29) is 24.8 Å². The molecule has 1 aliphatic heterocycles. The van der Waals surface area contributed by atoms with Crippen molar-refractivity contribution in [2.24, 2.45) is 0 Å². The zero-order chi connectivity index (χ0) is 17.6. The van der Waals surface area contributed by atoms with E-state index in [1.165, 1.54) is 0 Å².